The van der Waals surface area contributed by atoms with Gasteiger partial charge in [-0.05, 0) is 50.5 Å². The molecule has 1 amide bonds. The summed E-state index contributed by atoms with van der Waals surface area (Å²) in [6, 6.07) is 9.24. The van der Waals surface area contributed by atoms with Gasteiger partial charge < -0.3 is 15.2 Å². The summed E-state index contributed by atoms with van der Waals surface area (Å²) in [7, 11) is 0. The van der Waals surface area contributed by atoms with E-state index in [1.54, 1.807) is 19.1 Å². The van der Waals surface area contributed by atoms with Crippen LogP contribution in [0.5, 0.6) is 5.75 Å². The van der Waals surface area contributed by atoms with E-state index in [9.17, 15) is 10.1 Å². The Labute approximate surface area is 159 Å². The monoisotopic (exact) mass is 368 g/mol. The van der Waals surface area contributed by atoms with Gasteiger partial charge in [-0.1, -0.05) is 13.8 Å². The first-order chi connectivity index (χ1) is 12.7. The smallest absolute Gasteiger partial charge is 0.405 e. The van der Waals surface area contributed by atoms with Crippen LogP contribution < -0.4 is 10.5 Å². The van der Waals surface area contributed by atoms with Gasteiger partial charge in [-0.25, -0.2) is 14.8 Å². The van der Waals surface area contributed by atoms with Crippen molar-refractivity contribution < 1.29 is 14.3 Å². The molecule has 0 radical (unpaired) electrons. The number of nitriles is 1. The maximum atomic E-state index is 11.2. The van der Waals surface area contributed by atoms with Gasteiger partial charge in [0.05, 0.1) is 11.3 Å². The number of nitrogens with two attached hydrogens (primary N) is 1. The lowest BCUT2D eigenvalue weighted by molar-refractivity contribution is -0.0186. The van der Waals surface area contributed by atoms with E-state index in [1.807, 2.05) is 32.9 Å². The minimum atomic E-state index is -0.880. The van der Waals surface area contributed by atoms with Gasteiger partial charge in [0.15, 0.2) is 0 Å². The maximum absolute atomic E-state index is 11.2. The lowest BCUT2D eigenvalue weighted by Gasteiger charge is -2.30. The molecule has 0 saturated carbocycles. The number of hydrogen-bond acceptors (Lipinski definition) is 6. The number of hydrogen-bond donors (Lipinski definition) is 1. The van der Waals surface area contributed by atoms with Crippen LogP contribution in [0.2, 0.25) is 0 Å². The third kappa shape index (κ3) is 5.68. The van der Waals surface area contributed by atoms with Crippen LogP contribution in [0.3, 0.4) is 0 Å². The molecule has 1 aromatic carbocycles. The molecule has 0 fully saturated rings. The van der Waals surface area contributed by atoms with E-state index in [1.165, 1.54) is 6.33 Å². The zero-order valence-corrected chi connectivity index (χ0v) is 16.0. The van der Waals surface area contributed by atoms with Crippen LogP contribution in [-0.4, -0.2) is 28.3 Å². The predicted octanol–water partition coefficient (Wildman–Crippen LogP) is 3.60. The number of aryl methyl sites for hydroxylation is 1. The van der Waals surface area contributed by atoms with Crippen LogP contribution >= 0.6 is 0 Å². The van der Waals surface area contributed by atoms with Crippen LogP contribution in [0.15, 0.2) is 30.6 Å². The van der Waals surface area contributed by atoms with E-state index in [0.29, 0.717) is 17.7 Å². The quantitative estimate of drug-likeness (QED) is 0.799. The van der Waals surface area contributed by atoms with Crippen molar-refractivity contribution in [2.45, 2.75) is 39.7 Å². The average molecular weight is 368 g/mol. The Balaban J connectivity index is 2.23. The van der Waals surface area contributed by atoms with Gasteiger partial charge in [-0.15, -0.1) is 0 Å². The van der Waals surface area contributed by atoms with Crippen LogP contribution in [0.25, 0.3) is 11.3 Å². The molecule has 2 rings (SSSR count). The van der Waals surface area contributed by atoms with E-state index in [0.717, 1.165) is 17.0 Å². The Kier molecular flexibility index (Phi) is 6.35. The largest absolute Gasteiger partial charge is 0.488 e. The van der Waals surface area contributed by atoms with E-state index >= 15 is 0 Å². The van der Waals surface area contributed by atoms with Gasteiger partial charge in [0, 0.05) is 11.3 Å². The summed E-state index contributed by atoms with van der Waals surface area (Å²) in [5.74, 6) is 0.687. The minimum absolute atomic E-state index is 0.0920. The van der Waals surface area contributed by atoms with Crippen molar-refractivity contribution in [2.24, 2.45) is 11.7 Å². The molecular weight excluding hydrogens is 344 g/mol. The molecule has 0 aliphatic rings. The molecule has 7 heteroatoms. The summed E-state index contributed by atoms with van der Waals surface area (Å²) < 4.78 is 11.1. The Morgan fingerprint density at radius 1 is 1.33 bits per heavy atom. The zero-order valence-electron chi connectivity index (χ0n) is 16.0. The second-order valence-corrected chi connectivity index (χ2v) is 7.13. The zero-order chi connectivity index (χ0) is 20.0. The number of ether oxygens (including phenoxy) is 2. The molecule has 1 atom stereocenters. The molecule has 0 aliphatic heterocycles. The minimum Gasteiger partial charge on any atom is -0.488 e. The molecule has 1 unspecified atom stereocenters. The lowest BCUT2D eigenvalue weighted by Crippen LogP contribution is -2.41. The third-order valence-electron chi connectivity index (χ3n) is 3.92. The number of amides is 1. The predicted molar refractivity (Wildman–Crippen MR) is 101 cm³/mol. The van der Waals surface area contributed by atoms with E-state index in [4.69, 9.17) is 15.2 Å². The van der Waals surface area contributed by atoms with Gasteiger partial charge >= 0.3 is 6.09 Å². The van der Waals surface area contributed by atoms with E-state index in [2.05, 4.69) is 16.0 Å². The number of primary amides is 1. The van der Waals surface area contributed by atoms with Crippen molar-refractivity contribution >= 4 is 6.09 Å². The summed E-state index contributed by atoms with van der Waals surface area (Å²) >= 11 is 0. The third-order valence-corrected chi connectivity index (χ3v) is 3.92. The summed E-state index contributed by atoms with van der Waals surface area (Å²) in [6.07, 6.45) is 1.22. The Morgan fingerprint density at radius 2 is 2.07 bits per heavy atom. The summed E-state index contributed by atoms with van der Waals surface area (Å²) in [5.41, 5.74) is 7.05. The SMILES string of the molecule is Cc1cc(-c2ccc(OCC(C)(CC(C)C)OC(N)=O)c(C#N)c2)ncn1. The molecule has 7 nitrogen and oxygen atoms in total. The first kappa shape index (κ1) is 20.2. The molecule has 27 heavy (non-hydrogen) atoms. The first-order valence-electron chi connectivity index (χ1n) is 8.67. The molecule has 1 heterocycles. The van der Waals surface area contributed by atoms with Crippen molar-refractivity contribution in [1.29, 1.82) is 5.26 Å². The van der Waals surface area contributed by atoms with Crippen LogP contribution in [0, 0.1) is 24.2 Å². The van der Waals surface area contributed by atoms with Gasteiger partial charge in [-0.2, -0.15) is 5.26 Å². The van der Waals surface area contributed by atoms with Crippen molar-refractivity contribution in [1.82, 2.24) is 9.97 Å². The highest BCUT2D eigenvalue weighted by Crippen LogP contribution is 2.28. The fourth-order valence-electron chi connectivity index (χ4n) is 2.98. The Hall–Kier alpha value is -3.14. The Bertz CT molecular complexity index is 861. The van der Waals surface area contributed by atoms with Crippen molar-refractivity contribution in [3.05, 3.63) is 41.9 Å². The second-order valence-electron chi connectivity index (χ2n) is 7.13. The second kappa shape index (κ2) is 8.49. The van der Waals surface area contributed by atoms with E-state index in [-0.39, 0.29) is 12.5 Å². The normalized spacial score (nSPS) is 12.9. The number of carbonyl (C=O) groups is 1. The summed E-state index contributed by atoms with van der Waals surface area (Å²) in [6.45, 7) is 7.77. The fraction of sp³-hybridized carbons (Fsp3) is 0.400. The molecule has 0 bridgehead atoms. The molecule has 142 valence electrons. The average Bonchev–Trinajstić information content (AvgIpc) is 2.58. The van der Waals surface area contributed by atoms with Gasteiger partial charge in [0.1, 0.15) is 30.4 Å². The van der Waals surface area contributed by atoms with Crippen molar-refractivity contribution in [2.75, 3.05) is 6.61 Å². The molecule has 2 aromatic rings. The topological polar surface area (TPSA) is 111 Å². The van der Waals surface area contributed by atoms with Crippen LogP contribution in [0.1, 0.15) is 38.4 Å². The molecule has 2 N–H and O–H groups in total. The van der Waals surface area contributed by atoms with Gasteiger partial charge in [0.25, 0.3) is 0 Å². The standard InChI is InChI=1S/C20H24N4O3/c1-13(2)9-20(4,27-19(22)25)11-26-18-6-5-15(8-16(18)10-21)17-7-14(3)23-12-24-17/h5-8,12-13H,9,11H2,1-4H3,(H2,22,25). The molecule has 0 aliphatic carbocycles. The molecule has 0 spiro atoms. The highest BCUT2D eigenvalue weighted by atomic mass is 16.6. The number of nitrogens with zero attached hydrogens (tertiary/aromatic N) is 3. The Morgan fingerprint density at radius 3 is 2.67 bits per heavy atom. The van der Waals surface area contributed by atoms with E-state index < -0.39 is 11.7 Å². The summed E-state index contributed by atoms with van der Waals surface area (Å²) in [4.78, 5) is 19.5. The number of benzene rings is 1. The number of rotatable bonds is 7. The lowest BCUT2D eigenvalue weighted by atomic mass is 9.95. The van der Waals surface area contributed by atoms with Crippen molar-refractivity contribution in [3.63, 3.8) is 0 Å². The highest BCUT2D eigenvalue weighted by Gasteiger charge is 2.30. The summed E-state index contributed by atoms with van der Waals surface area (Å²) in [5, 5.41) is 9.50. The highest BCUT2D eigenvalue weighted by molar-refractivity contribution is 5.65. The number of carbonyl (C=O) groups excluding carboxylic acids is 1. The van der Waals surface area contributed by atoms with Gasteiger partial charge in [-0.3, -0.25) is 0 Å². The van der Waals surface area contributed by atoms with Crippen molar-refractivity contribution in [3.8, 4) is 23.1 Å². The molecular formula is C20H24N4O3. The van der Waals surface area contributed by atoms with Crippen LogP contribution in [-0.2, 0) is 4.74 Å². The van der Waals surface area contributed by atoms with Crippen LogP contribution in [0.4, 0.5) is 4.79 Å². The molecule has 1 aromatic heterocycles. The maximum Gasteiger partial charge on any atom is 0.405 e. The fourth-order valence-corrected chi connectivity index (χ4v) is 2.98. The number of aromatic nitrogens is 2. The molecule has 0 saturated heterocycles. The first-order valence-corrected chi connectivity index (χ1v) is 8.67. The van der Waals surface area contributed by atoms with Gasteiger partial charge in [0.2, 0.25) is 0 Å².